The van der Waals surface area contributed by atoms with E-state index in [-0.39, 0.29) is 0 Å². The van der Waals surface area contributed by atoms with Gasteiger partial charge in [-0.3, -0.25) is 9.58 Å². The minimum Gasteiger partial charge on any atom is -0.296 e. The summed E-state index contributed by atoms with van der Waals surface area (Å²) in [6, 6.07) is 10.6. The van der Waals surface area contributed by atoms with E-state index in [1.807, 2.05) is 11.6 Å². The van der Waals surface area contributed by atoms with Crippen molar-refractivity contribution in [2.24, 2.45) is 7.05 Å². The molecule has 1 aliphatic rings. The second-order valence-corrected chi connectivity index (χ2v) is 7.52. The summed E-state index contributed by atoms with van der Waals surface area (Å²) in [6.07, 6.45) is 2.03. The average Bonchev–Trinajstić information content (AvgIpc) is 3.07. The fourth-order valence-corrected chi connectivity index (χ4v) is 4.19. The first-order valence-electron chi connectivity index (χ1n) is 8.32. The second-order valence-electron chi connectivity index (χ2n) is 6.25. The molecular weight excluding hydrogens is 318 g/mol. The Morgan fingerprint density at radius 2 is 1.88 bits per heavy atom. The van der Waals surface area contributed by atoms with E-state index < -0.39 is 0 Å². The summed E-state index contributed by atoms with van der Waals surface area (Å²) in [7, 11) is 2.05. The molecular formula is C18H21N5S. The van der Waals surface area contributed by atoms with Gasteiger partial charge in [0.25, 0.3) is 0 Å². The molecule has 0 N–H and O–H groups in total. The Balaban J connectivity index is 1.56. The van der Waals surface area contributed by atoms with E-state index in [9.17, 15) is 0 Å². The molecule has 1 aliphatic heterocycles. The van der Waals surface area contributed by atoms with Crippen molar-refractivity contribution in [2.75, 3.05) is 13.1 Å². The zero-order chi connectivity index (χ0) is 16.5. The van der Waals surface area contributed by atoms with Crippen LogP contribution >= 0.6 is 11.3 Å². The maximum atomic E-state index is 4.80. The predicted octanol–water partition coefficient (Wildman–Crippen LogP) is 2.85. The molecule has 24 heavy (non-hydrogen) atoms. The average molecular weight is 339 g/mol. The van der Waals surface area contributed by atoms with Gasteiger partial charge in [0.15, 0.2) is 0 Å². The van der Waals surface area contributed by atoms with Crippen LogP contribution in [0.3, 0.4) is 0 Å². The van der Waals surface area contributed by atoms with Gasteiger partial charge in [-0.05, 0) is 13.3 Å². The standard InChI is InChI=1S/C18H21N5S/c1-13-19-20-17(24-13)12-23-10-8-15-16(9-11-23)21-22(2)18(15)14-6-4-3-5-7-14/h3-7H,8-12H2,1-2H3. The Bertz CT molecular complexity index is 836. The molecule has 0 bridgehead atoms. The van der Waals surface area contributed by atoms with Crippen molar-refractivity contribution >= 4 is 11.3 Å². The van der Waals surface area contributed by atoms with Gasteiger partial charge in [0.05, 0.1) is 17.9 Å². The van der Waals surface area contributed by atoms with Gasteiger partial charge in [-0.15, -0.1) is 21.5 Å². The van der Waals surface area contributed by atoms with E-state index in [1.165, 1.54) is 22.5 Å². The van der Waals surface area contributed by atoms with Gasteiger partial charge in [0.1, 0.15) is 10.0 Å². The van der Waals surface area contributed by atoms with E-state index in [0.717, 1.165) is 42.5 Å². The fraction of sp³-hybridized carbons (Fsp3) is 0.389. The lowest BCUT2D eigenvalue weighted by Gasteiger charge is -2.18. The lowest BCUT2D eigenvalue weighted by Crippen LogP contribution is -2.26. The van der Waals surface area contributed by atoms with Crippen molar-refractivity contribution < 1.29 is 0 Å². The van der Waals surface area contributed by atoms with Gasteiger partial charge < -0.3 is 0 Å². The molecule has 5 nitrogen and oxygen atoms in total. The lowest BCUT2D eigenvalue weighted by molar-refractivity contribution is 0.277. The maximum absolute atomic E-state index is 4.80. The molecule has 0 amide bonds. The smallest absolute Gasteiger partial charge is 0.131 e. The molecule has 0 saturated heterocycles. The van der Waals surface area contributed by atoms with Crippen molar-refractivity contribution in [1.82, 2.24) is 24.9 Å². The van der Waals surface area contributed by atoms with Crippen molar-refractivity contribution in [3.05, 3.63) is 51.6 Å². The fourth-order valence-electron chi connectivity index (χ4n) is 3.44. The third-order valence-electron chi connectivity index (χ3n) is 4.55. The lowest BCUT2D eigenvalue weighted by atomic mass is 10.0. The molecule has 0 saturated carbocycles. The summed E-state index contributed by atoms with van der Waals surface area (Å²) < 4.78 is 2.05. The highest BCUT2D eigenvalue weighted by Crippen LogP contribution is 2.28. The van der Waals surface area contributed by atoms with Crippen molar-refractivity contribution in [3.63, 3.8) is 0 Å². The molecule has 0 spiro atoms. The maximum Gasteiger partial charge on any atom is 0.131 e. The summed E-state index contributed by atoms with van der Waals surface area (Å²) in [4.78, 5) is 2.47. The first kappa shape index (κ1) is 15.5. The number of aromatic nitrogens is 4. The zero-order valence-corrected chi connectivity index (χ0v) is 14.9. The molecule has 0 fully saturated rings. The van der Waals surface area contributed by atoms with Crippen LogP contribution < -0.4 is 0 Å². The molecule has 0 atom stereocenters. The molecule has 4 rings (SSSR count). The quantitative estimate of drug-likeness (QED) is 0.736. The predicted molar refractivity (Wildman–Crippen MR) is 96.0 cm³/mol. The van der Waals surface area contributed by atoms with Gasteiger partial charge in [-0.2, -0.15) is 5.10 Å². The van der Waals surface area contributed by atoms with Crippen molar-refractivity contribution in [2.45, 2.75) is 26.3 Å². The summed E-state index contributed by atoms with van der Waals surface area (Å²) in [6.45, 7) is 4.96. The number of rotatable bonds is 3. The number of benzene rings is 1. The Morgan fingerprint density at radius 1 is 1.08 bits per heavy atom. The van der Waals surface area contributed by atoms with Crippen LogP contribution in [0.5, 0.6) is 0 Å². The van der Waals surface area contributed by atoms with Crippen molar-refractivity contribution in [3.8, 4) is 11.3 Å². The molecule has 0 unspecified atom stereocenters. The SMILES string of the molecule is Cc1nnc(CN2CCc3nn(C)c(-c4ccccc4)c3CC2)s1. The van der Waals surface area contributed by atoms with E-state index in [0.29, 0.717) is 0 Å². The zero-order valence-electron chi connectivity index (χ0n) is 14.1. The number of hydrogen-bond donors (Lipinski definition) is 0. The summed E-state index contributed by atoms with van der Waals surface area (Å²) in [5.74, 6) is 0. The minimum atomic E-state index is 0.891. The number of nitrogens with zero attached hydrogens (tertiary/aromatic N) is 5. The number of aryl methyl sites for hydroxylation is 2. The van der Waals surface area contributed by atoms with E-state index in [1.54, 1.807) is 11.3 Å². The van der Waals surface area contributed by atoms with Crippen LogP contribution in [0, 0.1) is 6.92 Å². The second kappa shape index (κ2) is 6.45. The Hall–Kier alpha value is -2.05. The summed E-state index contributed by atoms with van der Waals surface area (Å²) in [5, 5.41) is 15.3. The molecule has 1 aromatic carbocycles. The summed E-state index contributed by atoms with van der Waals surface area (Å²) >= 11 is 1.69. The van der Waals surface area contributed by atoms with Crippen LogP contribution in [0.15, 0.2) is 30.3 Å². The van der Waals surface area contributed by atoms with Gasteiger partial charge >= 0.3 is 0 Å². The third kappa shape index (κ3) is 2.99. The van der Waals surface area contributed by atoms with Crippen LogP contribution in [0.25, 0.3) is 11.3 Å². The first-order chi connectivity index (χ1) is 11.7. The molecule has 0 aliphatic carbocycles. The monoisotopic (exact) mass is 339 g/mol. The summed E-state index contributed by atoms with van der Waals surface area (Å²) in [5.41, 5.74) is 5.16. The normalized spacial score (nSPS) is 15.2. The Morgan fingerprint density at radius 3 is 2.62 bits per heavy atom. The third-order valence-corrected chi connectivity index (χ3v) is 5.37. The van der Waals surface area contributed by atoms with Gasteiger partial charge in [0, 0.05) is 37.7 Å². The highest BCUT2D eigenvalue weighted by molar-refractivity contribution is 7.11. The van der Waals surface area contributed by atoms with Gasteiger partial charge in [0.2, 0.25) is 0 Å². The molecule has 124 valence electrons. The van der Waals surface area contributed by atoms with Crippen LogP contribution in [0.1, 0.15) is 21.3 Å². The van der Waals surface area contributed by atoms with E-state index >= 15 is 0 Å². The van der Waals surface area contributed by atoms with Crippen LogP contribution in [-0.2, 0) is 26.4 Å². The Labute approximate surface area is 146 Å². The first-order valence-corrected chi connectivity index (χ1v) is 9.14. The van der Waals surface area contributed by atoms with Crippen molar-refractivity contribution in [1.29, 1.82) is 0 Å². The highest BCUT2D eigenvalue weighted by atomic mass is 32.1. The van der Waals surface area contributed by atoms with Gasteiger partial charge in [-0.25, -0.2) is 0 Å². The topological polar surface area (TPSA) is 46.8 Å². The van der Waals surface area contributed by atoms with Crippen LogP contribution in [0.4, 0.5) is 0 Å². The number of hydrogen-bond acceptors (Lipinski definition) is 5. The molecule has 6 heteroatoms. The minimum absolute atomic E-state index is 0.891. The highest BCUT2D eigenvalue weighted by Gasteiger charge is 2.22. The van der Waals surface area contributed by atoms with Crippen LogP contribution in [0.2, 0.25) is 0 Å². The molecule has 2 aromatic heterocycles. The largest absolute Gasteiger partial charge is 0.296 e. The molecule has 3 aromatic rings. The Kier molecular flexibility index (Phi) is 4.16. The van der Waals surface area contributed by atoms with Crippen LogP contribution in [-0.4, -0.2) is 38.0 Å². The van der Waals surface area contributed by atoms with E-state index in [2.05, 4.69) is 52.5 Å². The van der Waals surface area contributed by atoms with Gasteiger partial charge in [-0.1, -0.05) is 30.3 Å². The molecule has 0 radical (unpaired) electrons. The number of fused-ring (bicyclic) bond motifs is 1. The van der Waals surface area contributed by atoms with E-state index in [4.69, 9.17) is 5.10 Å². The molecule has 3 heterocycles.